The summed E-state index contributed by atoms with van der Waals surface area (Å²) in [6.45, 7) is 10.4. The van der Waals surface area contributed by atoms with Crippen LogP contribution in [0.1, 0.15) is 48.0 Å². The SMILES string of the molecule is COC(=O)C1=NN(C(=O)OC(C)(C)C)C(O)(C(C)(C)C)C1. The molecule has 0 aromatic carbocycles. The first-order valence-corrected chi connectivity index (χ1v) is 6.73. The number of amides is 1. The van der Waals surface area contributed by atoms with E-state index < -0.39 is 28.8 Å². The fourth-order valence-corrected chi connectivity index (χ4v) is 1.86. The molecule has 0 spiro atoms. The number of carbonyl (C=O) groups excluding carboxylic acids is 2. The van der Waals surface area contributed by atoms with Crippen molar-refractivity contribution in [3.63, 3.8) is 0 Å². The molecule has 1 rings (SSSR count). The fraction of sp³-hybridized carbons (Fsp3) is 0.786. The molecule has 0 bridgehead atoms. The van der Waals surface area contributed by atoms with Gasteiger partial charge in [0.2, 0.25) is 0 Å². The maximum Gasteiger partial charge on any atom is 0.433 e. The van der Waals surface area contributed by atoms with Gasteiger partial charge in [-0.05, 0) is 20.8 Å². The highest BCUT2D eigenvalue weighted by Gasteiger charge is 2.55. The van der Waals surface area contributed by atoms with E-state index >= 15 is 0 Å². The number of aliphatic hydroxyl groups is 1. The lowest BCUT2D eigenvalue weighted by Gasteiger charge is -2.41. The minimum atomic E-state index is -1.65. The summed E-state index contributed by atoms with van der Waals surface area (Å²) in [6.07, 6.45) is -0.915. The van der Waals surface area contributed by atoms with Crippen LogP contribution in [0.15, 0.2) is 5.10 Å². The zero-order valence-electron chi connectivity index (χ0n) is 13.7. The monoisotopic (exact) mass is 300 g/mol. The molecular weight excluding hydrogens is 276 g/mol. The van der Waals surface area contributed by atoms with Crippen molar-refractivity contribution in [3.05, 3.63) is 0 Å². The average molecular weight is 300 g/mol. The van der Waals surface area contributed by atoms with Crippen molar-refractivity contribution >= 4 is 17.8 Å². The number of hydrazone groups is 1. The van der Waals surface area contributed by atoms with Crippen LogP contribution in [-0.2, 0) is 14.3 Å². The van der Waals surface area contributed by atoms with Crippen LogP contribution in [0.2, 0.25) is 0 Å². The Morgan fingerprint density at radius 1 is 1.24 bits per heavy atom. The van der Waals surface area contributed by atoms with Gasteiger partial charge in [-0.3, -0.25) is 0 Å². The Balaban J connectivity index is 3.17. The Kier molecular flexibility index (Phi) is 4.39. The molecule has 7 nitrogen and oxygen atoms in total. The zero-order chi connectivity index (χ0) is 16.6. The second-order valence-corrected chi connectivity index (χ2v) is 7.07. The van der Waals surface area contributed by atoms with Gasteiger partial charge in [-0.2, -0.15) is 10.1 Å². The van der Waals surface area contributed by atoms with Crippen molar-refractivity contribution < 1.29 is 24.2 Å². The van der Waals surface area contributed by atoms with Crippen molar-refractivity contribution in [1.29, 1.82) is 0 Å². The van der Waals surface area contributed by atoms with Crippen molar-refractivity contribution in [1.82, 2.24) is 5.01 Å². The normalized spacial score (nSPS) is 22.9. The molecule has 1 N–H and O–H groups in total. The molecule has 1 atom stereocenters. The summed E-state index contributed by atoms with van der Waals surface area (Å²) in [4.78, 5) is 23.9. The number of ether oxygens (including phenoxy) is 2. The highest BCUT2D eigenvalue weighted by atomic mass is 16.6. The molecule has 0 aromatic heterocycles. The van der Waals surface area contributed by atoms with Crippen molar-refractivity contribution in [2.45, 2.75) is 59.3 Å². The van der Waals surface area contributed by atoms with E-state index in [1.807, 2.05) is 0 Å². The molecule has 21 heavy (non-hydrogen) atoms. The molecule has 120 valence electrons. The van der Waals surface area contributed by atoms with Crippen LogP contribution in [0.25, 0.3) is 0 Å². The average Bonchev–Trinajstić information content (AvgIpc) is 2.65. The van der Waals surface area contributed by atoms with Crippen LogP contribution < -0.4 is 0 Å². The van der Waals surface area contributed by atoms with Crippen LogP contribution in [0.3, 0.4) is 0 Å². The van der Waals surface area contributed by atoms with Crippen molar-refractivity contribution in [3.8, 4) is 0 Å². The quantitative estimate of drug-likeness (QED) is 0.747. The van der Waals surface area contributed by atoms with Gasteiger partial charge >= 0.3 is 12.1 Å². The van der Waals surface area contributed by atoms with Crippen molar-refractivity contribution in [2.75, 3.05) is 7.11 Å². The van der Waals surface area contributed by atoms with Gasteiger partial charge in [-0.1, -0.05) is 20.8 Å². The van der Waals surface area contributed by atoms with Gasteiger partial charge in [0.1, 0.15) is 5.60 Å². The van der Waals surface area contributed by atoms with E-state index in [4.69, 9.17) is 4.74 Å². The lowest BCUT2D eigenvalue weighted by Crippen LogP contribution is -2.55. The lowest BCUT2D eigenvalue weighted by molar-refractivity contribution is -0.156. The number of nitrogens with zero attached hydrogens (tertiary/aromatic N) is 2. The molecule has 1 aliphatic heterocycles. The Morgan fingerprint density at radius 3 is 2.14 bits per heavy atom. The molecule has 1 aliphatic rings. The van der Waals surface area contributed by atoms with Crippen LogP contribution >= 0.6 is 0 Å². The van der Waals surface area contributed by atoms with E-state index in [1.165, 1.54) is 7.11 Å². The molecule has 0 aromatic rings. The van der Waals surface area contributed by atoms with Gasteiger partial charge in [0.15, 0.2) is 11.4 Å². The molecule has 0 fully saturated rings. The van der Waals surface area contributed by atoms with Gasteiger partial charge < -0.3 is 14.6 Å². The van der Waals surface area contributed by atoms with E-state index in [-0.39, 0.29) is 12.1 Å². The zero-order valence-corrected chi connectivity index (χ0v) is 13.7. The largest absolute Gasteiger partial charge is 0.464 e. The fourth-order valence-electron chi connectivity index (χ4n) is 1.86. The third-order valence-electron chi connectivity index (χ3n) is 3.17. The molecule has 1 unspecified atom stereocenters. The maximum atomic E-state index is 12.3. The lowest BCUT2D eigenvalue weighted by atomic mass is 9.80. The summed E-state index contributed by atoms with van der Waals surface area (Å²) in [5, 5.41) is 15.6. The molecule has 1 heterocycles. The molecule has 0 saturated carbocycles. The van der Waals surface area contributed by atoms with Crippen LogP contribution in [0.4, 0.5) is 4.79 Å². The summed E-state index contributed by atoms with van der Waals surface area (Å²) in [6, 6.07) is 0. The number of carbonyl (C=O) groups is 2. The predicted octanol–water partition coefficient (Wildman–Crippen LogP) is 1.89. The minimum absolute atomic E-state index is 0.0132. The number of hydrogen-bond donors (Lipinski definition) is 1. The standard InChI is InChI=1S/C14H24N2O5/c1-12(2,3)14(19)8-9(10(17)20-7)15-16(14)11(18)21-13(4,5)6/h19H,8H2,1-7H3. The highest BCUT2D eigenvalue weighted by Crippen LogP contribution is 2.41. The second kappa shape index (κ2) is 5.29. The topological polar surface area (TPSA) is 88.4 Å². The molecular formula is C14H24N2O5. The van der Waals surface area contributed by atoms with E-state index in [0.29, 0.717) is 0 Å². The second-order valence-electron chi connectivity index (χ2n) is 7.07. The van der Waals surface area contributed by atoms with Crippen LogP contribution in [-0.4, -0.2) is 46.3 Å². The first kappa shape index (κ1) is 17.4. The highest BCUT2D eigenvalue weighted by molar-refractivity contribution is 6.37. The molecule has 1 amide bonds. The van der Waals surface area contributed by atoms with Gasteiger partial charge in [0.05, 0.1) is 7.11 Å². The molecule has 0 radical (unpaired) electrons. The maximum absolute atomic E-state index is 12.3. The predicted molar refractivity (Wildman–Crippen MR) is 76.5 cm³/mol. The van der Waals surface area contributed by atoms with E-state index in [0.717, 1.165) is 5.01 Å². The first-order valence-electron chi connectivity index (χ1n) is 6.73. The van der Waals surface area contributed by atoms with Crippen LogP contribution in [0, 0.1) is 5.41 Å². The third-order valence-corrected chi connectivity index (χ3v) is 3.17. The first-order chi connectivity index (χ1) is 9.32. The third kappa shape index (κ3) is 3.53. The number of methoxy groups -OCH3 is 1. The smallest absolute Gasteiger partial charge is 0.433 e. The number of hydrogen-bond acceptors (Lipinski definition) is 6. The van der Waals surface area contributed by atoms with Gasteiger partial charge in [-0.25, -0.2) is 9.59 Å². The molecule has 0 saturated heterocycles. The number of esters is 1. The summed E-state index contributed by atoms with van der Waals surface area (Å²) in [5.41, 5.74) is -3.14. The molecule has 7 heteroatoms. The van der Waals surface area contributed by atoms with Crippen molar-refractivity contribution in [2.24, 2.45) is 10.5 Å². The Bertz CT molecular complexity index is 473. The summed E-state index contributed by atoms with van der Waals surface area (Å²) < 4.78 is 9.85. The Hall–Kier alpha value is -1.63. The number of rotatable bonds is 1. The van der Waals surface area contributed by atoms with Gasteiger partial charge in [0.25, 0.3) is 0 Å². The van der Waals surface area contributed by atoms with Gasteiger partial charge in [-0.15, -0.1) is 0 Å². The summed E-state index contributed by atoms with van der Waals surface area (Å²) >= 11 is 0. The van der Waals surface area contributed by atoms with E-state index in [1.54, 1.807) is 41.5 Å². The minimum Gasteiger partial charge on any atom is -0.464 e. The summed E-state index contributed by atoms with van der Waals surface area (Å²) in [7, 11) is 1.22. The van der Waals surface area contributed by atoms with Gasteiger partial charge in [0, 0.05) is 11.8 Å². The summed E-state index contributed by atoms with van der Waals surface area (Å²) in [5.74, 6) is -0.677. The molecule has 0 aliphatic carbocycles. The Morgan fingerprint density at radius 2 is 1.76 bits per heavy atom. The van der Waals surface area contributed by atoms with Crippen LogP contribution in [0.5, 0.6) is 0 Å². The Labute approximate surface area is 124 Å². The van der Waals surface area contributed by atoms with E-state index in [2.05, 4.69) is 9.84 Å². The van der Waals surface area contributed by atoms with E-state index in [9.17, 15) is 14.7 Å².